The van der Waals surface area contributed by atoms with E-state index in [2.05, 4.69) is 15.0 Å². The molecule has 3 heterocycles. The maximum absolute atomic E-state index is 12.8. The summed E-state index contributed by atoms with van der Waals surface area (Å²) < 4.78 is 12.2. The number of aromatic nitrogens is 4. The third kappa shape index (κ3) is 2.92. The van der Waals surface area contributed by atoms with Crippen LogP contribution >= 0.6 is 0 Å². The zero-order valence-corrected chi connectivity index (χ0v) is 15.2. The standard InChI is InChI=1S/C18H19N5O5/c1-22(16(25)10-6-4-3-5-7-10)14-11-15(20-8-19-14)23(9-21-11)17-13(27-2)12(24)18(26)28-17/h3-9,12-13,17-18,24,26H,1-2H3/t12-,13+,17+,18-/m0/s1. The van der Waals surface area contributed by atoms with Gasteiger partial charge in [-0.15, -0.1) is 0 Å². The van der Waals surface area contributed by atoms with Gasteiger partial charge >= 0.3 is 0 Å². The van der Waals surface area contributed by atoms with Crippen molar-refractivity contribution in [2.75, 3.05) is 19.1 Å². The van der Waals surface area contributed by atoms with Gasteiger partial charge in [0.15, 0.2) is 29.5 Å². The summed E-state index contributed by atoms with van der Waals surface area (Å²) in [4.78, 5) is 26.9. The Morgan fingerprint density at radius 1 is 1.21 bits per heavy atom. The molecule has 1 aliphatic heterocycles. The topological polar surface area (TPSA) is 123 Å². The van der Waals surface area contributed by atoms with Gasteiger partial charge in [0, 0.05) is 19.7 Å². The van der Waals surface area contributed by atoms with Crippen LogP contribution in [0.4, 0.5) is 5.82 Å². The quantitative estimate of drug-likeness (QED) is 0.659. The number of aliphatic hydroxyl groups excluding tert-OH is 2. The fraction of sp³-hybridized carbons (Fsp3) is 0.333. The molecule has 0 aliphatic carbocycles. The predicted octanol–water partition coefficient (Wildman–Crippen LogP) is 0.326. The van der Waals surface area contributed by atoms with Gasteiger partial charge in [0.1, 0.15) is 18.5 Å². The second-order valence-electron chi connectivity index (χ2n) is 6.36. The van der Waals surface area contributed by atoms with Crippen molar-refractivity contribution < 1.29 is 24.5 Å². The molecule has 0 spiro atoms. The number of methoxy groups -OCH3 is 1. The van der Waals surface area contributed by atoms with Gasteiger partial charge in [-0.05, 0) is 12.1 Å². The molecule has 1 fully saturated rings. The van der Waals surface area contributed by atoms with Crippen LogP contribution in [-0.2, 0) is 9.47 Å². The minimum absolute atomic E-state index is 0.243. The van der Waals surface area contributed by atoms with E-state index in [-0.39, 0.29) is 5.91 Å². The molecule has 0 unspecified atom stereocenters. The summed E-state index contributed by atoms with van der Waals surface area (Å²) in [5, 5.41) is 19.8. The molecule has 2 N–H and O–H groups in total. The largest absolute Gasteiger partial charge is 0.385 e. The molecule has 146 valence electrons. The number of nitrogens with zero attached hydrogens (tertiary/aromatic N) is 5. The normalized spacial score (nSPS) is 24.6. The first kappa shape index (κ1) is 18.4. The Kier molecular flexibility index (Phi) is 4.77. The Balaban J connectivity index is 1.72. The van der Waals surface area contributed by atoms with Gasteiger partial charge in [-0.25, -0.2) is 15.0 Å². The van der Waals surface area contributed by atoms with Crippen molar-refractivity contribution in [3.63, 3.8) is 0 Å². The van der Waals surface area contributed by atoms with E-state index in [0.29, 0.717) is 22.5 Å². The maximum Gasteiger partial charge on any atom is 0.259 e. The lowest BCUT2D eigenvalue weighted by atomic mass is 10.2. The highest BCUT2D eigenvalue weighted by atomic mass is 16.7. The van der Waals surface area contributed by atoms with Crippen molar-refractivity contribution in [1.82, 2.24) is 19.5 Å². The van der Waals surface area contributed by atoms with E-state index in [1.54, 1.807) is 31.3 Å². The number of carbonyl (C=O) groups is 1. The molecular formula is C18H19N5O5. The van der Waals surface area contributed by atoms with Gasteiger partial charge in [0.05, 0.1) is 6.33 Å². The molecule has 10 heteroatoms. The van der Waals surface area contributed by atoms with E-state index in [0.717, 1.165) is 0 Å². The van der Waals surface area contributed by atoms with Crippen LogP contribution in [0.2, 0.25) is 0 Å². The molecule has 1 saturated heterocycles. The number of hydrogen-bond donors (Lipinski definition) is 2. The number of rotatable bonds is 4. The molecule has 2 aromatic heterocycles. The Morgan fingerprint density at radius 2 is 1.96 bits per heavy atom. The summed E-state index contributed by atoms with van der Waals surface area (Å²) in [5.74, 6) is 0.0820. The Morgan fingerprint density at radius 3 is 2.68 bits per heavy atom. The van der Waals surface area contributed by atoms with Crippen molar-refractivity contribution in [3.8, 4) is 0 Å². The molecule has 28 heavy (non-hydrogen) atoms. The number of imidazole rings is 1. The zero-order valence-electron chi connectivity index (χ0n) is 15.2. The summed E-state index contributed by atoms with van der Waals surface area (Å²) in [6, 6.07) is 8.83. The maximum atomic E-state index is 12.8. The van der Waals surface area contributed by atoms with Gasteiger partial charge in [-0.2, -0.15) is 0 Å². The summed E-state index contributed by atoms with van der Waals surface area (Å²) >= 11 is 0. The minimum atomic E-state index is -1.39. The molecule has 4 atom stereocenters. The lowest BCUT2D eigenvalue weighted by molar-refractivity contribution is -0.141. The van der Waals surface area contributed by atoms with Crippen molar-refractivity contribution in [3.05, 3.63) is 48.5 Å². The van der Waals surface area contributed by atoms with E-state index in [1.165, 1.54) is 29.2 Å². The predicted molar refractivity (Wildman–Crippen MR) is 97.4 cm³/mol. The molecule has 1 amide bonds. The van der Waals surface area contributed by atoms with Crippen LogP contribution < -0.4 is 4.90 Å². The summed E-state index contributed by atoms with van der Waals surface area (Å²) in [6.07, 6.45) is -1.49. The Hall–Kier alpha value is -2.92. The average Bonchev–Trinajstić information content (AvgIpc) is 3.28. The summed E-state index contributed by atoms with van der Waals surface area (Å²) in [5.41, 5.74) is 1.27. The second-order valence-corrected chi connectivity index (χ2v) is 6.36. The van der Waals surface area contributed by atoms with Crippen LogP contribution in [0.3, 0.4) is 0 Å². The Bertz CT molecular complexity index is 994. The van der Waals surface area contributed by atoms with Gasteiger partial charge in [-0.1, -0.05) is 18.2 Å². The number of hydrogen-bond acceptors (Lipinski definition) is 8. The number of ether oxygens (including phenoxy) is 2. The molecule has 0 saturated carbocycles. The minimum Gasteiger partial charge on any atom is -0.385 e. The van der Waals surface area contributed by atoms with Crippen molar-refractivity contribution in [2.24, 2.45) is 0 Å². The van der Waals surface area contributed by atoms with Crippen molar-refractivity contribution in [1.29, 1.82) is 0 Å². The lowest BCUT2D eigenvalue weighted by Gasteiger charge is -2.20. The second kappa shape index (κ2) is 7.24. The lowest BCUT2D eigenvalue weighted by Crippen LogP contribution is -2.33. The van der Waals surface area contributed by atoms with Crippen molar-refractivity contribution >= 4 is 22.9 Å². The fourth-order valence-electron chi connectivity index (χ4n) is 3.25. The van der Waals surface area contributed by atoms with Gasteiger partial charge < -0.3 is 19.7 Å². The molecule has 1 aromatic carbocycles. The first-order valence-corrected chi connectivity index (χ1v) is 8.58. The summed E-state index contributed by atoms with van der Waals surface area (Å²) in [7, 11) is 3.02. The molecule has 0 radical (unpaired) electrons. The smallest absolute Gasteiger partial charge is 0.259 e. The fourth-order valence-corrected chi connectivity index (χ4v) is 3.25. The molecule has 0 bridgehead atoms. The van der Waals surface area contributed by atoms with E-state index >= 15 is 0 Å². The highest BCUT2D eigenvalue weighted by Crippen LogP contribution is 2.33. The van der Waals surface area contributed by atoms with Crippen LogP contribution in [-0.4, -0.2) is 68.3 Å². The van der Waals surface area contributed by atoms with Crippen LogP contribution in [0.1, 0.15) is 16.6 Å². The third-order valence-corrected chi connectivity index (χ3v) is 4.72. The number of anilines is 1. The molecule has 4 rings (SSSR count). The monoisotopic (exact) mass is 385 g/mol. The van der Waals surface area contributed by atoms with E-state index in [9.17, 15) is 15.0 Å². The van der Waals surface area contributed by atoms with Crippen LogP contribution in [0.25, 0.3) is 11.2 Å². The van der Waals surface area contributed by atoms with Crippen molar-refractivity contribution in [2.45, 2.75) is 24.7 Å². The van der Waals surface area contributed by atoms with Gasteiger partial charge in [0.2, 0.25) is 0 Å². The molecule has 3 aromatic rings. The van der Waals surface area contributed by atoms with Crippen LogP contribution in [0.15, 0.2) is 43.0 Å². The first-order chi connectivity index (χ1) is 13.5. The average molecular weight is 385 g/mol. The number of carbonyl (C=O) groups excluding carboxylic acids is 1. The number of benzene rings is 1. The summed E-state index contributed by atoms with van der Waals surface area (Å²) in [6.45, 7) is 0. The highest BCUT2D eigenvalue weighted by molar-refractivity contribution is 6.08. The van der Waals surface area contributed by atoms with Gasteiger partial charge in [0.25, 0.3) is 5.91 Å². The van der Waals surface area contributed by atoms with E-state index in [1.807, 2.05) is 6.07 Å². The molecule has 1 aliphatic rings. The van der Waals surface area contributed by atoms with E-state index in [4.69, 9.17) is 9.47 Å². The number of amides is 1. The zero-order chi connectivity index (χ0) is 19.8. The van der Waals surface area contributed by atoms with Gasteiger partial charge in [-0.3, -0.25) is 14.3 Å². The third-order valence-electron chi connectivity index (χ3n) is 4.72. The molecular weight excluding hydrogens is 366 g/mol. The highest BCUT2D eigenvalue weighted by Gasteiger charge is 2.45. The van der Waals surface area contributed by atoms with E-state index < -0.39 is 24.7 Å². The molecule has 10 nitrogen and oxygen atoms in total. The SMILES string of the molecule is CO[C@@H]1[C@H](O)[C@@H](O)O[C@H]1n1cnc2c(N(C)C(=O)c3ccccc3)ncnc21. The first-order valence-electron chi connectivity index (χ1n) is 8.58. The number of aliphatic hydroxyl groups is 2. The van der Waals surface area contributed by atoms with Crippen LogP contribution in [0, 0.1) is 0 Å². The Labute approximate surface area is 160 Å². The van der Waals surface area contributed by atoms with Crippen LogP contribution in [0.5, 0.6) is 0 Å². The number of fused-ring (bicyclic) bond motifs is 1.